The van der Waals surface area contributed by atoms with Gasteiger partial charge in [0, 0.05) is 26.1 Å². The summed E-state index contributed by atoms with van der Waals surface area (Å²) in [6.07, 6.45) is -1.98. The monoisotopic (exact) mass is 796 g/mol. The van der Waals surface area contributed by atoms with Gasteiger partial charge in [0.15, 0.2) is 0 Å². The lowest BCUT2D eigenvalue weighted by molar-refractivity contribution is -0.143. The Morgan fingerprint density at radius 2 is 1.07 bits per heavy atom. The lowest BCUT2D eigenvalue weighted by Gasteiger charge is -2.21. The van der Waals surface area contributed by atoms with Crippen LogP contribution in [0.3, 0.4) is 0 Å². The number of nitrogens with one attached hydrogen (secondary N) is 7. The molecule has 23 nitrogen and oxygen atoms in total. The highest BCUT2D eigenvalue weighted by atomic mass is 16.4. The molecular formula is C33H48N8O15. The van der Waals surface area contributed by atoms with E-state index in [4.69, 9.17) is 21.1 Å². The number of carbonyl (C=O) groups is 10. The third-order valence-corrected chi connectivity index (χ3v) is 7.62. The Kier molecular flexibility index (Phi) is 21.6. The largest absolute Gasteiger partial charge is 0.481 e. The summed E-state index contributed by atoms with van der Waals surface area (Å²) in [5, 5.41) is 61.9. The van der Waals surface area contributed by atoms with Crippen molar-refractivity contribution in [2.75, 3.05) is 19.6 Å². The molecule has 23 heteroatoms. The van der Waals surface area contributed by atoms with Crippen molar-refractivity contribution in [3.8, 4) is 0 Å². The van der Waals surface area contributed by atoms with E-state index in [9.17, 15) is 58.2 Å². The lowest BCUT2D eigenvalue weighted by atomic mass is 10.1. The van der Waals surface area contributed by atoms with Gasteiger partial charge < -0.3 is 68.5 Å². The maximum absolute atomic E-state index is 12.8. The molecule has 56 heavy (non-hydrogen) atoms. The molecular weight excluding hydrogens is 748 g/mol. The molecule has 0 unspecified atom stereocenters. The summed E-state index contributed by atoms with van der Waals surface area (Å²) in [6.45, 7) is 0.570. The fourth-order valence-electron chi connectivity index (χ4n) is 4.74. The maximum Gasteiger partial charge on any atom is 0.326 e. The third-order valence-electron chi connectivity index (χ3n) is 7.62. The second kappa shape index (κ2) is 25.5. The zero-order chi connectivity index (χ0) is 42.2. The molecule has 1 aromatic carbocycles. The van der Waals surface area contributed by atoms with Gasteiger partial charge in [-0.15, -0.1) is 0 Å². The van der Waals surface area contributed by atoms with Crippen LogP contribution in [0.2, 0.25) is 0 Å². The van der Waals surface area contributed by atoms with Gasteiger partial charge in [-0.3, -0.25) is 28.8 Å². The van der Waals surface area contributed by atoms with E-state index in [1.54, 1.807) is 24.3 Å². The van der Waals surface area contributed by atoms with Crippen molar-refractivity contribution in [2.24, 2.45) is 5.73 Å². The van der Waals surface area contributed by atoms with E-state index in [-0.39, 0.29) is 45.4 Å². The normalized spacial score (nSPS) is 12.7. The highest BCUT2D eigenvalue weighted by Gasteiger charge is 2.30. The average molecular weight is 797 g/mol. The third kappa shape index (κ3) is 20.6. The molecule has 0 radical (unpaired) electrons. The number of urea groups is 2. The molecule has 0 spiro atoms. The second-order valence-electron chi connectivity index (χ2n) is 12.2. The number of carboxylic acid groups (broad SMARTS) is 5. The summed E-state index contributed by atoms with van der Waals surface area (Å²) in [6, 6.07) is -1.43. The van der Waals surface area contributed by atoms with Crippen LogP contribution < -0.4 is 43.0 Å². The molecule has 0 aromatic heterocycles. The number of aliphatic carboxylic acids is 5. The minimum Gasteiger partial charge on any atom is -0.481 e. The summed E-state index contributed by atoms with van der Waals surface area (Å²) in [4.78, 5) is 118. The molecule has 7 amide bonds. The zero-order valence-electron chi connectivity index (χ0n) is 30.2. The molecule has 0 bridgehead atoms. The molecule has 0 saturated heterocycles. The van der Waals surface area contributed by atoms with E-state index in [0.717, 1.165) is 0 Å². The number of benzene rings is 1. The van der Waals surface area contributed by atoms with Crippen LogP contribution in [0.1, 0.15) is 62.5 Å². The first-order valence-electron chi connectivity index (χ1n) is 17.3. The van der Waals surface area contributed by atoms with Crippen molar-refractivity contribution >= 4 is 59.6 Å². The van der Waals surface area contributed by atoms with Crippen LogP contribution in [0, 0.1) is 0 Å². The number of amides is 7. The number of nitrogens with two attached hydrogens (primary N) is 1. The molecule has 0 fully saturated rings. The molecule has 0 aliphatic carbocycles. The van der Waals surface area contributed by atoms with Gasteiger partial charge in [-0.05, 0) is 49.8 Å². The van der Waals surface area contributed by atoms with E-state index in [1.165, 1.54) is 0 Å². The van der Waals surface area contributed by atoms with Crippen LogP contribution in [-0.4, -0.2) is 129 Å². The van der Waals surface area contributed by atoms with Crippen LogP contribution in [0.25, 0.3) is 0 Å². The first-order chi connectivity index (χ1) is 26.4. The lowest BCUT2D eigenvalue weighted by Crippen LogP contribution is -2.55. The molecule has 0 aliphatic heterocycles. The molecule has 1 aromatic rings. The molecule has 1 rings (SSSR count). The van der Waals surface area contributed by atoms with Gasteiger partial charge in [0.2, 0.25) is 17.7 Å². The molecule has 310 valence electrons. The highest BCUT2D eigenvalue weighted by molar-refractivity contribution is 5.95. The summed E-state index contributed by atoms with van der Waals surface area (Å²) >= 11 is 0. The number of hydrogen-bond donors (Lipinski definition) is 13. The smallest absolute Gasteiger partial charge is 0.326 e. The van der Waals surface area contributed by atoms with Crippen molar-refractivity contribution in [3.63, 3.8) is 0 Å². The van der Waals surface area contributed by atoms with E-state index in [2.05, 4.69) is 31.9 Å². The molecule has 0 aliphatic rings. The number of hydrogen-bond acceptors (Lipinski definition) is 11. The van der Waals surface area contributed by atoms with E-state index in [1.807, 2.05) is 5.32 Å². The van der Waals surface area contributed by atoms with Gasteiger partial charge in [0.25, 0.3) is 0 Å². The molecule has 14 N–H and O–H groups in total. The Bertz CT molecular complexity index is 1560. The van der Waals surface area contributed by atoms with E-state index >= 15 is 0 Å². The Morgan fingerprint density at radius 1 is 0.536 bits per heavy atom. The minimum absolute atomic E-state index is 0.0569. The number of carboxylic acids is 5. The molecule has 0 saturated carbocycles. The minimum atomic E-state index is -1.63. The Morgan fingerprint density at radius 3 is 1.61 bits per heavy atom. The Balaban J connectivity index is 2.57. The fraction of sp³-hybridized carbons (Fsp3) is 0.515. The summed E-state index contributed by atoms with van der Waals surface area (Å²) in [5.41, 5.74) is 6.46. The average Bonchev–Trinajstić information content (AvgIpc) is 3.11. The Hall–Kier alpha value is -6.52. The first kappa shape index (κ1) is 47.5. The molecule has 4 atom stereocenters. The second-order valence-corrected chi connectivity index (χ2v) is 12.2. The summed E-state index contributed by atoms with van der Waals surface area (Å²) < 4.78 is 0. The fourth-order valence-corrected chi connectivity index (χ4v) is 4.74. The van der Waals surface area contributed by atoms with E-state index in [0.29, 0.717) is 24.0 Å². The first-order valence-corrected chi connectivity index (χ1v) is 17.3. The van der Waals surface area contributed by atoms with Crippen molar-refractivity contribution in [3.05, 3.63) is 35.4 Å². The van der Waals surface area contributed by atoms with Gasteiger partial charge in [0.05, 0.1) is 19.3 Å². The van der Waals surface area contributed by atoms with Gasteiger partial charge in [-0.1, -0.05) is 24.3 Å². The van der Waals surface area contributed by atoms with Crippen LogP contribution >= 0.6 is 0 Å². The SMILES string of the molecule is NCCCNC(=O)[C@H](CC(=O)O)NC(=O)[C@H](CC(=O)O)NC(=O)Cc1ccc(CNC(=O)NCCCC[C@H](NC(=O)N[C@@H](CCC(=O)O)C(=O)O)C(=O)O)cc1. The number of unbranched alkanes of at least 4 members (excludes halogenated alkanes) is 1. The standard InChI is InChI=1S/C33H48N8O15/c34-11-3-13-35-28(49)22(15-26(45)46)39-29(50)23(16-27(47)48)38-24(42)14-18-5-7-19(8-6-18)17-37-32(55)36-12-2-1-4-20(30(51)52)40-33(56)41-21(31(53)54)9-10-25(43)44/h5-8,20-23H,1-4,9-17,34H2,(H,35,49)(H,38,42)(H,39,50)(H,43,44)(H,45,46)(H,47,48)(H,51,52)(H,53,54)(H2,36,37,55)(H2,40,41,56)/t20-,21-,22-,23-/m0/s1. The van der Waals surface area contributed by atoms with Crippen molar-refractivity contribution < 1.29 is 73.5 Å². The van der Waals surface area contributed by atoms with Crippen molar-refractivity contribution in [1.82, 2.24) is 37.2 Å². The highest BCUT2D eigenvalue weighted by Crippen LogP contribution is 2.07. The predicted octanol–water partition coefficient (Wildman–Crippen LogP) is -2.35. The van der Waals surface area contributed by atoms with Gasteiger partial charge in [-0.25, -0.2) is 19.2 Å². The topological polar surface area (TPSA) is 382 Å². The van der Waals surface area contributed by atoms with Gasteiger partial charge in [0.1, 0.15) is 24.2 Å². The van der Waals surface area contributed by atoms with Crippen molar-refractivity contribution in [1.29, 1.82) is 0 Å². The van der Waals surface area contributed by atoms with Crippen molar-refractivity contribution in [2.45, 2.75) is 88.5 Å². The summed E-state index contributed by atoms with van der Waals surface area (Å²) in [5.74, 6) is -9.63. The quantitative estimate of drug-likeness (QED) is 0.0415. The van der Waals surface area contributed by atoms with Crippen LogP contribution in [0.5, 0.6) is 0 Å². The van der Waals surface area contributed by atoms with Crippen LogP contribution in [-0.2, 0) is 51.3 Å². The van der Waals surface area contributed by atoms with Gasteiger partial charge >= 0.3 is 41.9 Å². The zero-order valence-corrected chi connectivity index (χ0v) is 30.2. The number of carbonyl (C=O) groups excluding carboxylic acids is 5. The van der Waals surface area contributed by atoms with E-state index < -0.39 is 109 Å². The van der Waals surface area contributed by atoms with Gasteiger partial charge in [-0.2, -0.15) is 0 Å². The van der Waals surface area contributed by atoms with Crippen LogP contribution in [0.4, 0.5) is 9.59 Å². The predicted molar refractivity (Wildman–Crippen MR) is 191 cm³/mol. The van der Waals surface area contributed by atoms with Crippen LogP contribution in [0.15, 0.2) is 24.3 Å². The molecule has 0 heterocycles. The number of rotatable bonds is 27. The maximum atomic E-state index is 12.8. The summed E-state index contributed by atoms with van der Waals surface area (Å²) in [7, 11) is 0. The Labute approximate surface area is 319 Å².